The third-order valence-electron chi connectivity index (χ3n) is 2.98. The van der Waals surface area contributed by atoms with Gasteiger partial charge in [0.2, 0.25) is 23.1 Å². The van der Waals surface area contributed by atoms with Gasteiger partial charge in [-0.3, -0.25) is 23.8 Å². The molecule has 7 nitrogen and oxygen atoms in total. The second-order valence-electron chi connectivity index (χ2n) is 4.60. The fourth-order valence-electron chi connectivity index (χ4n) is 1.84. The highest BCUT2D eigenvalue weighted by Gasteiger charge is 2.35. The molecule has 2 amide bonds. The number of likely N-dealkylation sites (tertiary alicyclic amines) is 1. The lowest BCUT2D eigenvalue weighted by Crippen LogP contribution is -2.39. The Hall–Kier alpha value is -1.12. The second-order valence-corrected chi connectivity index (χ2v) is 5.58. The number of imide groups is 1. The first-order valence-electron chi connectivity index (χ1n) is 6.02. The summed E-state index contributed by atoms with van der Waals surface area (Å²) in [5, 5.41) is 0. The standard InChI is InChI=1S/C11H18N2O5S/c1-8-7-10(15)13(11(8)16)6-5-12(19(17)18)4-3-9(2)14/h8H,3-7H2,1-2H3,(H,17,18). The van der Waals surface area contributed by atoms with E-state index in [1.54, 1.807) is 6.92 Å². The fourth-order valence-corrected chi connectivity index (χ4v) is 2.33. The first kappa shape index (κ1) is 15.9. The van der Waals surface area contributed by atoms with Crippen LogP contribution >= 0.6 is 0 Å². The van der Waals surface area contributed by atoms with E-state index in [9.17, 15) is 18.6 Å². The molecule has 2 atom stereocenters. The quantitative estimate of drug-likeness (QED) is 0.517. The summed E-state index contributed by atoms with van der Waals surface area (Å²) in [7, 11) is 0. The zero-order chi connectivity index (χ0) is 14.6. The first-order valence-corrected chi connectivity index (χ1v) is 7.09. The summed E-state index contributed by atoms with van der Waals surface area (Å²) in [5.74, 6) is -0.914. The molecule has 0 radical (unpaired) electrons. The number of amides is 2. The van der Waals surface area contributed by atoms with Crippen molar-refractivity contribution in [3.63, 3.8) is 0 Å². The van der Waals surface area contributed by atoms with Crippen LogP contribution in [0.25, 0.3) is 0 Å². The van der Waals surface area contributed by atoms with Crippen molar-refractivity contribution in [1.29, 1.82) is 0 Å². The van der Waals surface area contributed by atoms with E-state index < -0.39 is 11.3 Å². The monoisotopic (exact) mass is 290 g/mol. The Kier molecular flexibility index (Phi) is 5.77. The van der Waals surface area contributed by atoms with Gasteiger partial charge in [-0.15, -0.1) is 0 Å². The molecule has 0 aromatic carbocycles. The number of carbonyl (C=O) groups excluding carboxylic acids is 3. The van der Waals surface area contributed by atoms with Crippen LogP contribution in [-0.4, -0.2) is 55.2 Å². The average molecular weight is 290 g/mol. The molecule has 1 aliphatic rings. The number of rotatable bonds is 7. The highest BCUT2D eigenvalue weighted by Crippen LogP contribution is 2.18. The molecule has 0 bridgehead atoms. The first-order chi connectivity index (χ1) is 8.82. The van der Waals surface area contributed by atoms with Gasteiger partial charge < -0.3 is 0 Å². The second kappa shape index (κ2) is 6.88. The molecule has 8 heteroatoms. The van der Waals surface area contributed by atoms with Gasteiger partial charge in [-0.1, -0.05) is 6.92 Å². The molecule has 1 saturated heterocycles. The number of ketones is 1. The molecule has 1 heterocycles. The Morgan fingerprint density at radius 2 is 2.11 bits per heavy atom. The Morgan fingerprint density at radius 1 is 1.47 bits per heavy atom. The van der Waals surface area contributed by atoms with Crippen LogP contribution in [0.3, 0.4) is 0 Å². The van der Waals surface area contributed by atoms with Crippen LogP contribution in [0.15, 0.2) is 0 Å². The van der Waals surface area contributed by atoms with E-state index in [1.165, 1.54) is 6.92 Å². The SMILES string of the molecule is CC(=O)CCN(CCN1C(=O)CC(C)C1=O)S(=O)O. The minimum atomic E-state index is -2.22. The third kappa shape index (κ3) is 4.48. The Balaban J connectivity index is 2.52. The summed E-state index contributed by atoms with van der Waals surface area (Å²) in [6.45, 7) is 3.36. The van der Waals surface area contributed by atoms with Crippen molar-refractivity contribution in [3.05, 3.63) is 0 Å². The summed E-state index contributed by atoms with van der Waals surface area (Å²) in [6.07, 6.45) is 0.346. The molecule has 108 valence electrons. The van der Waals surface area contributed by atoms with Gasteiger partial charge in [0.05, 0.1) is 0 Å². The van der Waals surface area contributed by atoms with Crippen LogP contribution in [0.1, 0.15) is 26.7 Å². The van der Waals surface area contributed by atoms with Crippen LogP contribution in [0.2, 0.25) is 0 Å². The van der Waals surface area contributed by atoms with Crippen LogP contribution in [0, 0.1) is 5.92 Å². The third-order valence-corrected chi connectivity index (χ3v) is 3.78. The van der Waals surface area contributed by atoms with Gasteiger partial charge in [-0.25, -0.2) is 4.21 Å². The van der Waals surface area contributed by atoms with E-state index in [1.807, 2.05) is 0 Å². The van der Waals surface area contributed by atoms with Crippen molar-refractivity contribution in [3.8, 4) is 0 Å². The van der Waals surface area contributed by atoms with Gasteiger partial charge in [0.15, 0.2) is 0 Å². The fraction of sp³-hybridized carbons (Fsp3) is 0.727. The van der Waals surface area contributed by atoms with Crippen LogP contribution in [0.5, 0.6) is 0 Å². The van der Waals surface area contributed by atoms with E-state index in [0.717, 1.165) is 9.21 Å². The molecule has 0 aliphatic carbocycles. The molecular formula is C11H18N2O5S. The van der Waals surface area contributed by atoms with Crippen LogP contribution in [0.4, 0.5) is 0 Å². The Labute approximate surface area is 114 Å². The molecule has 0 spiro atoms. The Bertz CT molecular complexity index is 412. The van der Waals surface area contributed by atoms with E-state index in [0.29, 0.717) is 0 Å². The molecule has 1 aliphatic heterocycles. The maximum atomic E-state index is 11.7. The lowest BCUT2D eigenvalue weighted by molar-refractivity contribution is -0.139. The maximum absolute atomic E-state index is 11.7. The zero-order valence-corrected chi connectivity index (χ0v) is 11.8. The van der Waals surface area contributed by atoms with E-state index in [-0.39, 0.29) is 56.0 Å². The topological polar surface area (TPSA) is 95.0 Å². The lowest BCUT2D eigenvalue weighted by Gasteiger charge is -2.20. The molecule has 0 saturated carbocycles. The lowest BCUT2D eigenvalue weighted by atomic mass is 10.1. The normalized spacial score (nSPS) is 21.3. The molecule has 0 aromatic rings. The minimum absolute atomic E-state index is 0.0756. The Morgan fingerprint density at radius 3 is 2.53 bits per heavy atom. The molecule has 0 aromatic heterocycles. The highest BCUT2D eigenvalue weighted by molar-refractivity contribution is 7.76. The van der Waals surface area contributed by atoms with Crippen LogP contribution < -0.4 is 0 Å². The summed E-state index contributed by atoms with van der Waals surface area (Å²) >= 11 is -2.22. The number of carbonyl (C=O) groups is 3. The largest absolute Gasteiger partial charge is 0.300 e. The summed E-state index contributed by atoms with van der Waals surface area (Å²) in [6, 6.07) is 0. The summed E-state index contributed by atoms with van der Waals surface area (Å²) in [4.78, 5) is 35.2. The van der Waals surface area contributed by atoms with Gasteiger partial charge in [0.25, 0.3) is 0 Å². The van der Waals surface area contributed by atoms with Gasteiger partial charge in [-0.2, -0.15) is 4.31 Å². The maximum Gasteiger partial charge on any atom is 0.234 e. The number of hydrogen-bond acceptors (Lipinski definition) is 4. The summed E-state index contributed by atoms with van der Waals surface area (Å²) in [5.41, 5.74) is 0. The van der Waals surface area contributed by atoms with Crippen molar-refractivity contribution < 1.29 is 23.1 Å². The highest BCUT2D eigenvalue weighted by atomic mass is 32.2. The number of nitrogens with zero attached hydrogens (tertiary/aromatic N) is 2. The predicted octanol–water partition coefficient (Wildman–Crippen LogP) is -0.201. The predicted molar refractivity (Wildman–Crippen MR) is 68.1 cm³/mol. The van der Waals surface area contributed by atoms with Crippen molar-refractivity contribution in [1.82, 2.24) is 9.21 Å². The molecular weight excluding hydrogens is 272 g/mol. The van der Waals surface area contributed by atoms with Crippen molar-refractivity contribution >= 4 is 28.9 Å². The number of hydrogen-bond donors (Lipinski definition) is 1. The van der Waals surface area contributed by atoms with Gasteiger partial charge in [-0.05, 0) is 6.92 Å². The van der Waals surface area contributed by atoms with Gasteiger partial charge >= 0.3 is 0 Å². The smallest absolute Gasteiger partial charge is 0.234 e. The molecule has 1 fully saturated rings. The van der Waals surface area contributed by atoms with E-state index in [4.69, 9.17) is 4.55 Å². The van der Waals surface area contributed by atoms with E-state index >= 15 is 0 Å². The average Bonchev–Trinajstić information content (AvgIpc) is 2.54. The molecule has 19 heavy (non-hydrogen) atoms. The van der Waals surface area contributed by atoms with Gasteiger partial charge in [0.1, 0.15) is 5.78 Å². The molecule has 1 N–H and O–H groups in total. The van der Waals surface area contributed by atoms with Crippen molar-refractivity contribution in [2.75, 3.05) is 19.6 Å². The van der Waals surface area contributed by atoms with E-state index in [2.05, 4.69) is 0 Å². The molecule has 1 rings (SSSR count). The zero-order valence-electron chi connectivity index (χ0n) is 11.0. The van der Waals surface area contributed by atoms with Gasteiger partial charge in [0, 0.05) is 38.4 Å². The van der Waals surface area contributed by atoms with Crippen LogP contribution in [-0.2, 0) is 25.7 Å². The molecule has 2 unspecified atom stereocenters. The number of Topliss-reactive ketones (excluding diaryl/α,β-unsaturated/α-hetero) is 1. The van der Waals surface area contributed by atoms with Crippen molar-refractivity contribution in [2.45, 2.75) is 26.7 Å². The summed E-state index contributed by atoms with van der Waals surface area (Å²) < 4.78 is 21.3. The minimum Gasteiger partial charge on any atom is -0.300 e. The van der Waals surface area contributed by atoms with Crippen molar-refractivity contribution in [2.24, 2.45) is 5.92 Å².